The van der Waals surface area contributed by atoms with Gasteiger partial charge >= 0.3 is 11.9 Å². The summed E-state index contributed by atoms with van der Waals surface area (Å²) < 4.78 is 9.87. The van der Waals surface area contributed by atoms with Crippen molar-refractivity contribution in [3.05, 3.63) is 52.6 Å². The second-order valence-corrected chi connectivity index (χ2v) is 7.40. The van der Waals surface area contributed by atoms with Gasteiger partial charge in [0.05, 0.1) is 14.2 Å². The van der Waals surface area contributed by atoms with Crippen molar-refractivity contribution in [2.24, 2.45) is 11.3 Å². The first-order valence-electron chi connectivity index (χ1n) is 9.39. The summed E-state index contributed by atoms with van der Waals surface area (Å²) in [5, 5.41) is 0. The van der Waals surface area contributed by atoms with Crippen LogP contribution in [0.3, 0.4) is 0 Å². The molecule has 0 radical (unpaired) electrons. The van der Waals surface area contributed by atoms with Crippen LogP contribution < -0.4 is 0 Å². The van der Waals surface area contributed by atoms with Gasteiger partial charge in [-0.3, -0.25) is 14.4 Å². The molecule has 5 heteroatoms. The Morgan fingerprint density at radius 2 is 1.54 bits per heavy atom. The van der Waals surface area contributed by atoms with Crippen molar-refractivity contribution in [1.82, 2.24) is 0 Å². The average molecular weight is 384 g/mol. The Bertz CT molecular complexity index is 841. The number of Topliss-reactive ketones (excluding diaryl/α,β-unsaturated/α-hetero) is 1. The van der Waals surface area contributed by atoms with Crippen molar-refractivity contribution in [3.63, 3.8) is 0 Å². The molecule has 0 atom stereocenters. The number of benzene rings is 1. The molecule has 0 spiro atoms. The van der Waals surface area contributed by atoms with Gasteiger partial charge in [0.15, 0.2) is 11.2 Å². The fourth-order valence-corrected chi connectivity index (χ4v) is 3.82. The molecule has 1 aromatic carbocycles. The van der Waals surface area contributed by atoms with Gasteiger partial charge in [-0.05, 0) is 42.6 Å². The van der Waals surface area contributed by atoms with Crippen LogP contribution in [0.1, 0.15) is 56.5 Å². The molecule has 0 bridgehead atoms. The van der Waals surface area contributed by atoms with Gasteiger partial charge in [-0.15, -0.1) is 0 Å². The zero-order valence-corrected chi connectivity index (χ0v) is 17.4. The first-order valence-corrected chi connectivity index (χ1v) is 9.39. The Labute approximate surface area is 166 Å². The second kappa shape index (κ2) is 8.55. The van der Waals surface area contributed by atoms with Crippen molar-refractivity contribution in [3.8, 4) is 0 Å². The van der Waals surface area contributed by atoms with Crippen LogP contribution >= 0.6 is 0 Å². The number of methoxy groups -OCH3 is 2. The van der Waals surface area contributed by atoms with Crippen molar-refractivity contribution in [1.29, 1.82) is 0 Å². The first-order chi connectivity index (χ1) is 13.2. The van der Waals surface area contributed by atoms with Crippen LogP contribution in [0.2, 0.25) is 0 Å². The number of hydrogen-bond donors (Lipinski definition) is 0. The SMILES string of the molecule is C/C=C1\CC(C(=O)OC)(C(=O)OC)C\C1=C(\C)c1ccccc1C(=O)C(C)C. The summed E-state index contributed by atoms with van der Waals surface area (Å²) in [4.78, 5) is 37.8. The Kier molecular flexibility index (Phi) is 6.60. The van der Waals surface area contributed by atoms with Gasteiger partial charge in [-0.1, -0.05) is 44.2 Å². The van der Waals surface area contributed by atoms with E-state index in [0.717, 1.165) is 22.3 Å². The molecule has 150 valence electrons. The maximum atomic E-state index is 12.7. The fourth-order valence-electron chi connectivity index (χ4n) is 3.82. The van der Waals surface area contributed by atoms with Crippen LogP contribution in [0, 0.1) is 11.3 Å². The highest BCUT2D eigenvalue weighted by atomic mass is 16.5. The van der Waals surface area contributed by atoms with Gasteiger partial charge in [-0.2, -0.15) is 0 Å². The Balaban J connectivity index is 2.66. The van der Waals surface area contributed by atoms with Crippen molar-refractivity contribution in [2.45, 2.75) is 40.5 Å². The van der Waals surface area contributed by atoms with Crippen molar-refractivity contribution >= 4 is 23.3 Å². The Hall–Kier alpha value is -2.69. The fraction of sp³-hybridized carbons (Fsp3) is 0.435. The Morgan fingerprint density at radius 3 is 2.00 bits per heavy atom. The van der Waals surface area contributed by atoms with E-state index < -0.39 is 17.4 Å². The van der Waals surface area contributed by atoms with E-state index in [2.05, 4.69) is 0 Å². The van der Waals surface area contributed by atoms with Crippen LogP contribution in [-0.4, -0.2) is 31.9 Å². The molecule has 0 unspecified atom stereocenters. The number of rotatable bonds is 5. The third-order valence-electron chi connectivity index (χ3n) is 5.43. The summed E-state index contributed by atoms with van der Waals surface area (Å²) in [7, 11) is 2.54. The van der Waals surface area contributed by atoms with Crippen LogP contribution in [0.5, 0.6) is 0 Å². The maximum absolute atomic E-state index is 12.7. The molecule has 0 heterocycles. The van der Waals surface area contributed by atoms with Gasteiger partial charge in [0.2, 0.25) is 0 Å². The summed E-state index contributed by atoms with van der Waals surface area (Å²) in [6.45, 7) is 7.54. The summed E-state index contributed by atoms with van der Waals surface area (Å²) in [5.41, 5.74) is 2.72. The molecule has 0 saturated heterocycles. The number of hydrogen-bond acceptors (Lipinski definition) is 5. The topological polar surface area (TPSA) is 69.7 Å². The number of ether oxygens (including phenoxy) is 2. The van der Waals surface area contributed by atoms with Gasteiger partial charge in [0.25, 0.3) is 0 Å². The highest BCUT2D eigenvalue weighted by Gasteiger charge is 2.54. The molecule has 0 aliphatic heterocycles. The number of ketones is 1. The molecule has 5 nitrogen and oxygen atoms in total. The first kappa shape index (κ1) is 21.6. The molecule has 1 aliphatic carbocycles. The molecular formula is C23H28O5. The highest BCUT2D eigenvalue weighted by Crippen LogP contribution is 2.49. The predicted molar refractivity (Wildman–Crippen MR) is 108 cm³/mol. The van der Waals surface area contributed by atoms with E-state index in [4.69, 9.17) is 9.47 Å². The molecule has 1 aliphatic rings. The smallest absolute Gasteiger partial charge is 0.323 e. The van der Waals surface area contributed by atoms with Crippen LogP contribution in [0.15, 0.2) is 41.5 Å². The lowest BCUT2D eigenvalue weighted by molar-refractivity contribution is -0.168. The summed E-state index contributed by atoms with van der Waals surface area (Å²) in [5.74, 6) is -1.28. The normalized spacial score (nSPS) is 18.9. The van der Waals surface area contributed by atoms with Gasteiger partial charge in [0, 0.05) is 17.9 Å². The molecule has 0 amide bonds. The van der Waals surface area contributed by atoms with E-state index in [1.165, 1.54) is 14.2 Å². The average Bonchev–Trinajstić information content (AvgIpc) is 3.12. The van der Waals surface area contributed by atoms with Gasteiger partial charge < -0.3 is 9.47 Å². The van der Waals surface area contributed by atoms with E-state index in [1.54, 1.807) is 0 Å². The standard InChI is InChI=1S/C23H28O5/c1-7-16-12-23(21(25)27-5,22(26)28-6)13-19(16)15(4)17-10-8-9-11-18(17)20(24)14(2)3/h7-11,14H,12-13H2,1-6H3/b16-7+,19-15+. The highest BCUT2D eigenvalue weighted by molar-refractivity contribution is 6.04. The zero-order chi connectivity index (χ0) is 21.1. The molecule has 0 N–H and O–H groups in total. The predicted octanol–water partition coefficient (Wildman–Crippen LogP) is 4.37. The van der Waals surface area contributed by atoms with Crippen LogP contribution in [-0.2, 0) is 19.1 Å². The van der Waals surface area contributed by atoms with E-state index in [0.29, 0.717) is 5.56 Å². The monoisotopic (exact) mass is 384 g/mol. The minimum Gasteiger partial charge on any atom is -0.468 e. The Morgan fingerprint density at radius 1 is 1.00 bits per heavy atom. The lowest BCUT2D eigenvalue weighted by atomic mass is 9.84. The van der Waals surface area contributed by atoms with E-state index in [1.807, 2.05) is 58.0 Å². The maximum Gasteiger partial charge on any atom is 0.323 e. The number of esters is 2. The zero-order valence-electron chi connectivity index (χ0n) is 17.4. The number of carbonyl (C=O) groups excluding carboxylic acids is 3. The number of allylic oxidation sites excluding steroid dienone is 4. The number of carbonyl (C=O) groups is 3. The summed E-state index contributed by atoms with van der Waals surface area (Å²) in [6.07, 6.45) is 2.30. The van der Waals surface area contributed by atoms with Gasteiger partial charge in [0.1, 0.15) is 0 Å². The summed E-state index contributed by atoms with van der Waals surface area (Å²) >= 11 is 0. The molecular weight excluding hydrogens is 356 g/mol. The largest absolute Gasteiger partial charge is 0.468 e. The van der Waals surface area contributed by atoms with Crippen LogP contribution in [0.25, 0.3) is 5.57 Å². The molecule has 1 saturated carbocycles. The molecule has 28 heavy (non-hydrogen) atoms. The molecule has 0 aromatic heterocycles. The lowest BCUT2D eigenvalue weighted by Gasteiger charge is -2.22. The van der Waals surface area contributed by atoms with Crippen LogP contribution in [0.4, 0.5) is 0 Å². The quantitative estimate of drug-likeness (QED) is 0.428. The summed E-state index contributed by atoms with van der Waals surface area (Å²) in [6, 6.07) is 7.45. The van der Waals surface area contributed by atoms with E-state index in [9.17, 15) is 14.4 Å². The lowest BCUT2D eigenvalue weighted by Crippen LogP contribution is -2.38. The third-order valence-corrected chi connectivity index (χ3v) is 5.43. The third kappa shape index (κ3) is 3.66. The van der Waals surface area contributed by atoms with Crippen molar-refractivity contribution in [2.75, 3.05) is 14.2 Å². The van der Waals surface area contributed by atoms with E-state index >= 15 is 0 Å². The second-order valence-electron chi connectivity index (χ2n) is 7.40. The minimum atomic E-state index is -1.39. The minimum absolute atomic E-state index is 0.0581. The molecule has 1 fully saturated rings. The van der Waals surface area contributed by atoms with Crippen molar-refractivity contribution < 1.29 is 23.9 Å². The van der Waals surface area contributed by atoms with Gasteiger partial charge in [-0.25, -0.2) is 0 Å². The molecule has 1 aromatic rings. The van der Waals surface area contributed by atoms with E-state index in [-0.39, 0.29) is 24.5 Å². The molecule has 2 rings (SSSR count).